The maximum atomic E-state index is 4.52. The molecule has 2 rings (SSSR count). The number of anilines is 1. The van der Waals surface area contributed by atoms with Crippen molar-refractivity contribution >= 4 is 5.82 Å². The molecule has 1 aromatic rings. The van der Waals surface area contributed by atoms with Gasteiger partial charge < -0.3 is 10.2 Å². The molecule has 0 amide bonds. The fraction of sp³-hybridized carbons (Fsp3) is 0.636. The van der Waals surface area contributed by atoms with Crippen LogP contribution >= 0.6 is 0 Å². The first-order valence-corrected chi connectivity index (χ1v) is 5.40. The zero-order valence-electron chi connectivity index (χ0n) is 9.62. The van der Waals surface area contributed by atoms with Gasteiger partial charge in [0.05, 0.1) is 5.69 Å². The molecule has 1 saturated heterocycles. The summed E-state index contributed by atoms with van der Waals surface area (Å²) in [5, 5.41) is 3.36. The topological polar surface area (TPSA) is 41.1 Å². The van der Waals surface area contributed by atoms with Gasteiger partial charge in [0.1, 0.15) is 11.6 Å². The molecule has 0 spiro atoms. The van der Waals surface area contributed by atoms with Crippen molar-refractivity contribution in [1.82, 2.24) is 15.3 Å². The molecule has 0 aromatic carbocycles. The molecule has 1 atom stereocenters. The van der Waals surface area contributed by atoms with E-state index in [0.717, 1.165) is 24.7 Å². The maximum absolute atomic E-state index is 4.52. The zero-order valence-corrected chi connectivity index (χ0v) is 9.62. The Morgan fingerprint density at radius 1 is 1.40 bits per heavy atom. The van der Waals surface area contributed by atoms with Gasteiger partial charge in [0.25, 0.3) is 0 Å². The van der Waals surface area contributed by atoms with Crippen LogP contribution in [0.3, 0.4) is 0 Å². The molecular weight excluding hydrogens is 188 g/mol. The number of hydrogen-bond donors (Lipinski definition) is 1. The van der Waals surface area contributed by atoms with Crippen LogP contribution in [0, 0.1) is 6.92 Å². The number of aryl methyl sites for hydroxylation is 1. The lowest BCUT2D eigenvalue weighted by atomic mass is 10.0. The highest BCUT2D eigenvalue weighted by Gasteiger charge is 2.19. The van der Waals surface area contributed by atoms with Crippen LogP contribution in [0.15, 0.2) is 6.07 Å². The molecule has 1 fully saturated rings. The minimum Gasteiger partial charge on any atom is -0.363 e. The third kappa shape index (κ3) is 2.26. The molecule has 0 unspecified atom stereocenters. The van der Waals surface area contributed by atoms with Crippen molar-refractivity contribution in [2.24, 2.45) is 0 Å². The number of rotatable bonds is 2. The molecule has 0 bridgehead atoms. The monoisotopic (exact) mass is 206 g/mol. The third-order valence-electron chi connectivity index (χ3n) is 2.78. The van der Waals surface area contributed by atoms with E-state index in [0.29, 0.717) is 5.92 Å². The van der Waals surface area contributed by atoms with E-state index in [1.165, 1.54) is 12.1 Å². The molecule has 0 saturated carbocycles. The van der Waals surface area contributed by atoms with Gasteiger partial charge in [-0.25, -0.2) is 9.97 Å². The summed E-state index contributed by atoms with van der Waals surface area (Å²) < 4.78 is 0. The third-order valence-corrected chi connectivity index (χ3v) is 2.78. The molecule has 15 heavy (non-hydrogen) atoms. The molecule has 1 aliphatic rings. The molecule has 2 heterocycles. The van der Waals surface area contributed by atoms with E-state index in [9.17, 15) is 0 Å². The van der Waals surface area contributed by atoms with Gasteiger partial charge in [-0.2, -0.15) is 0 Å². The van der Waals surface area contributed by atoms with Crippen molar-refractivity contribution in [2.45, 2.75) is 19.3 Å². The fourth-order valence-corrected chi connectivity index (χ4v) is 1.92. The summed E-state index contributed by atoms with van der Waals surface area (Å²) in [5.41, 5.74) is 1.18. The summed E-state index contributed by atoms with van der Waals surface area (Å²) in [4.78, 5) is 10.9. The van der Waals surface area contributed by atoms with E-state index in [4.69, 9.17) is 0 Å². The number of nitrogens with zero attached hydrogens (tertiary/aromatic N) is 3. The molecule has 4 heteroatoms. The van der Waals surface area contributed by atoms with Crippen molar-refractivity contribution in [3.05, 3.63) is 17.6 Å². The van der Waals surface area contributed by atoms with Crippen LogP contribution in [0.1, 0.15) is 23.9 Å². The SMILES string of the molecule is Cc1nc([C@@H]2CCNC2)cc(N(C)C)n1. The summed E-state index contributed by atoms with van der Waals surface area (Å²) in [6.45, 7) is 4.10. The Morgan fingerprint density at radius 2 is 2.20 bits per heavy atom. The summed E-state index contributed by atoms with van der Waals surface area (Å²) in [5.74, 6) is 2.43. The molecule has 1 N–H and O–H groups in total. The smallest absolute Gasteiger partial charge is 0.132 e. The van der Waals surface area contributed by atoms with Crippen molar-refractivity contribution in [3.8, 4) is 0 Å². The van der Waals surface area contributed by atoms with Crippen molar-refractivity contribution in [2.75, 3.05) is 32.1 Å². The van der Waals surface area contributed by atoms with Gasteiger partial charge in [-0.15, -0.1) is 0 Å². The summed E-state index contributed by atoms with van der Waals surface area (Å²) in [6.07, 6.45) is 1.18. The first-order valence-electron chi connectivity index (χ1n) is 5.40. The van der Waals surface area contributed by atoms with Crippen LogP contribution in [0.4, 0.5) is 5.82 Å². The van der Waals surface area contributed by atoms with Gasteiger partial charge in [-0.1, -0.05) is 0 Å². The van der Waals surface area contributed by atoms with E-state index in [1.54, 1.807) is 0 Å². The second-order valence-electron chi connectivity index (χ2n) is 4.28. The summed E-state index contributed by atoms with van der Waals surface area (Å²) >= 11 is 0. The van der Waals surface area contributed by atoms with Crippen LogP contribution in [0.25, 0.3) is 0 Å². The van der Waals surface area contributed by atoms with E-state index in [-0.39, 0.29) is 0 Å². The van der Waals surface area contributed by atoms with Gasteiger partial charge in [0, 0.05) is 32.6 Å². The Labute approximate surface area is 90.7 Å². The molecule has 0 aliphatic carbocycles. The van der Waals surface area contributed by atoms with E-state index < -0.39 is 0 Å². The average Bonchev–Trinajstić information content (AvgIpc) is 2.69. The van der Waals surface area contributed by atoms with Gasteiger partial charge >= 0.3 is 0 Å². The van der Waals surface area contributed by atoms with Crippen LogP contribution in [-0.4, -0.2) is 37.2 Å². The van der Waals surface area contributed by atoms with Crippen molar-refractivity contribution in [3.63, 3.8) is 0 Å². The lowest BCUT2D eigenvalue weighted by Gasteiger charge is -2.15. The van der Waals surface area contributed by atoms with Crippen molar-refractivity contribution in [1.29, 1.82) is 0 Å². The molecule has 82 valence electrons. The van der Waals surface area contributed by atoms with Crippen molar-refractivity contribution < 1.29 is 0 Å². The van der Waals surface area contributed by atoms with E-state index in [1.807, 2.05) is 25.9 Å². The van der Waals surface area contributed by atoms with Crippen LogP contribution in [0.2, 0.25) is 0 Å². The lowest BCUT2D eigenvalue weighted by Crippen LogP contribution is -2.14. The van der Waals surface area contributed by atoms with Gasteiger partial charge in [0.15, 0.2) is 0 Å². The Balaban J connectivity index is 2.30. The summed E-state index contributed by atoms with van der Waals surface area (Å²) in [6, 6.07) is 2.10. The van der Waals surface area contributed by atoms with Crippen LogP contribution in [0.5, 0.6) is 0 Å². The zero-order chi connectivity index (χ0) is 10.8. The summed E-state index contributed by atoms with van der Waals surface area (Å²) in [7, 11) is 4.02. The molecular formula is C11H18N4. The first kappa shape index (κ1) is 10.4. The number of nitrogens with one attached hydrogen (secondary N) is 1. The Morgan fingerprint density at radius 3 is 2.80 bits per heavy atom. The maximum Gasteiger partial charge on any atom is 0.132 e. The number of hydrogen-bond acceptors (Lipinski definition) is 4. The highest BCUT2D eigenvalue weighted by molar-refractivity contribution is 5.38. The van der Waals surface area contributed by atoms with Crippen LogP contribution < -0.4 is 10.2 Å². The highest BCUT2D eigenvalue weighted by Crippen LogP contribution is 2.22. The minimum atomic E-state index is 0.561. The average molecular weight is 206 g/mol. The molecule has 1 aliphatic heterocycles. The standard InChI is InChI=1S/C11H18N4/c1-8-13-10(9-4-5-12-7-9)6-11(14-8)15(2)3/h6,9,12H,4-5,7H2,1-3H3/t9-/m1/s1. The first-order chi connectivity index (χ1) is 7.16. The minimum absolute atomic E-state index is 0.561. The van der Waals surface area contributed by atoms with Crippen LogP contribution in [-0.2, 0) is 0 Å². The fourth-order valence-electron chi connectivity index (χ4n) is 1.92. The Kier molecular flexibility index (Phi) is 2.86. The predicted molar refractivity (Wildman–Crippen MR) is 61.3 cm³/mol. The molecule has 1 aromatic heterocycles. The highest BCUT2D eigenvalue weighted by atomic mass is 15.1. The van der Waals surface area contributed by atoms with E-state index in [2.05, 4.69) is 21.4 Å². The normalized spacial score (nSPS) is 20.6. The molecule has 0 radical (unpaired) electrons. The second-order valence-corrected chi connectivity index (χ2v) is 4.28. The Hall–Kier alpha value is -1.16. The number of aromatic nitrogens is 2. The van der Waals surface area contributed by atoms with Gasteiger partial charge in [-0.3, -0.25) is 0 Å². The largest absolute Gasteiger partial charge is 0.363 e. The van der Waals surface area contributed by atoms with Gasteiger partial charge in [-0.05, 0) is 19.9 Å². The quantitative estimate of drug-likeness (QED) is 0.781. The Bertz CT molecular complexity index is 342. The van der Waals surface area contributed by atoms with Gasteiger partial charge in [0.2, 0.25) is 0 Å². The molecule has 4 nitrogen and oxygen atoms in total. The second kappa shape index (κ2) is 4.14. The van der Waals surface area contributed by atoms with E-state index >= 15 is 0 Å². The predicted octanol–water partition coefficient (Wildman–Crippen LogP) is 0.928. The lowest BCUT2D eigenvalue weighted by molar-refractivity contribution is 0.723.